The van der Waals surface area contributed by atoms with Crippen LogP contribution in [0.3, 0.4) is 0 Å². The Hall–Kier alpha value is -3.22. The maximum Gasteiger partial charge on any atom is 0.414 e. The molecular weight excluding hydrogens is 348 g/mol. The molecule has 7 heteroatoms. The fraction of sp³-hybridized carbons (Fsp3) is 0.300. The molecule has 0 saturated carbocycles. The first kappa shape index (κ1) is 18.6. The normalized spacial score (nSPS) is 15.5. The third kappa shape index (κ3) is 4.31. The summed E-state index contributed by atoms with van der Waals surface area (Å²) in [5, 5.41) is 4.18. The molecule has 0 N–H and O–H groups in total. The van der Waals surface area contributed by atoms with E-state index in [4.69, 9.17) is 19.0 Å². The van der Waals surface area contributed by atoms with Gasteiger partial charge in [-0.1, -0.05) is 5.16 Å². The van der Waals surface area contributed by atoms with Gasteiger partial charge in [-0.2, -0.15) is 0 Å². The number of benzene rings is 2. The number of hydrogen-bond donors (Lipinski definition) is 0. The van der Waals surface area contributed by atoms with Gasteiger partial charge in [0, 0.05) is 12.1 Å². The van der Waals surface area contributed by atoms with Crippen LogP contribution in [0.15, 0.2) is 53.7 Å². The first-order valence-electron chi connectivity index (χ1n) is 8.51. The van der Waals surface area contributed by atoms with Crippen LogP contribution in [0.5, 0.6) is 11.5 Å². The number of anilines is 1. The van der Waals surface area contributed by atoms with E-state index < -0.39 is 6.09 Å². The summed E-state index contributed by atoms with van der Waals surface area (Å²) in [6.07, 6.45) is -0.124. The Morgan fingerprint density at radius 2 is 1.63 bits per heavy atom. The number of hydrogen-bond acceptors (Lipinski definition) is 6. The fourth-order valence-electron chi connectivity index (χ4n) is 2.84. The molecule has 2 aromatic rings. The Morgan fingerprint density at radius 1 is 1.04 bits per heavy atom. The standard InChI is InChI=1S/C20H22N2O5/c1-24-16-8-4-14(5-9-16)19-12-18(27-21-19)13-22(20(23)26-3)15-6-10-17(25-2)11-7-15/h4-11,18H,12-13H2,1-3H3. The van der Waals surface area contributed by atoms with E-state index >= 15 is 0 Å². The molecule has 27 heavy (non-hydrogen) atoms. The zero-order valence-corrected chi connectivity index (χ0v) is 15.5. The van der Waals surface area contributed by atoms with Gasteiger partial charge in [0.15, 0.2) is 6.10 Å². The van der Waals surface area contributed by atoms with E-state index in [1.165, 1.54) is 12.0 Å². The summed E-state index contributed by atoms with van der Waals surface area (Å²) in [4.78, 5) is 19.3. The lowest BCUT2D eigenvalue weighted by atomic mass is 10.0. The molecule has 0 spiro atoms. The van der Waals surface area contributed by atoms with Gasteiger partial charge in [-0.15, -0.1) is 0 Å². The average molecular weight is 370 g/mol. The summed E-state index contributed by atoms with van der Waals surface area (Å²) in [6.45, 7) is 0.322. The molecule has 1 amide bonds. The predicted molar refractivity (Wildman–Crippen MR) is 102 cm³/mol. The van der Waals surface area contributed by atoms with Crippen LogP contribution >= 0.6 is 0 Å². The lowest BCUT2D eigenvalue weighted by Gasteiger charge is -2.23. The topological polar surface area (TPSA) is 69.6 Å². The summed E-state index contributed by atoms with van der Waals surface area (Å²) in [5.41, 5.74) is 2.50. The van der Waals surface area contributed by atoms with Crippen molar-refractivity contribution in [1.82, 2.24) is 0 Å². The van der Waals surface area contributed by atoms with Gasteiger partial charge in [0.2, 0.25) is 0 Å². The molecule has 2 aromatic carbocycles. The zero-order valence-electron chi connectivity index (χ0n) is 15.5. The second kappa shape index (κ2) is 8.44. The minimum absolute atomic E-state index is 0.261. The summed E-state index contributed by atoms with van der Waals surface area (Å²) in [7, 11) is 4.58. The third-order valence-electron chi connectivity index (χ3n) is 4.32. The monoisotopic (exact) mass is 370 g/mol. The molecule has 7 nitrogen and oxygen atoms in total. The van der Waals surface area contributed by atoms with Gasteiger partial charge in [0.05, 0.1) is 33.6 Å². The van der Waals surface area contributed by atoms with Gasteiger partial charge >= 0.3 is 6.09 Å². The lowest BCUT2D eigenvalue weighted by molar-refractivity contribution is 0.0884. The quantitative estimate of drug-likeness (QED) is 0.779. The predicted octanol–water partition coefficient (Wildman–Crippen LogP) is 3.47. The van der Waals surface area contributed by atoms with Crippen molar-refractivity contribution in [2.24, 2.45) is 5.16 Å². The van der Waals surface area contributed by atoms with E-state index in [1.54, 1.807) is 38.5 Å². The van der Waals surface area contributed by atoms with E-state index in [-0.39, 0.29) is 6.10 Å². The van der Waals surface area contributed by atoms with Crippen molar-refractivity contribution >= 4 is 17.5 Å². The van der Waals surface area contributed by atoms with E-state index in [0.29, 0.717) is 24.4 Å². The Bertz CT molecular complexity index is 802. The highest BCUT2D eigenvalue weighted by molar-refractivity contribution is 6.01. The molecular formula is C20H22N2O5. The number of carbonyl (C=O) groups excluding carboxylic acids is 1. The number of nitrogens with zero attached hydrogens (tertiary/aromatic N) is 2. The summed E-state index contributed by atoms with van der Waals surface area (Å²) >= 11 is 0. The number of oxime groups is 1. The molecule has 142 valence electrons. The van der Waals surface area contributed by atoms with Gasteiger partial charge in [-0.3, -0.25) is 4.90 Å². The summed E-state index contributed by atoms with van der Waals surface area (Å²) < 4.78 is 15.3. The molecule has 1 atom stereocenters. The van der Waals surface area contributed by atoms with Crippen molar-refractivity contribution in [3.05, 3.63) is 54.1 Å². The molecule has 0 radical (unpaired) electrons. The zero-order chi connectivity index (χ0) is 19.2. The van der Waals surface area contributed by atoms with Crippen LogP contribution in [0.4, 0.5) is 10.5 Å². The smallest absolute Gasteiger partial charge is 0.414 e. The molecule has 0 bridgehead atoms. The average Bonchev–Trinajstić information content (AvgIpc) is 3.20. The first-order chi connectivity index (χ1) is 13.1. The number of carbonyl (C=O) groups is 1. The third-order valence-corrected chi connectivity index (χ3v) is 4.32. The van der Waals surface area contributed by atoms with Crippen LogP contribution in [-0.4, -0.2) is 45.8 Å². The van der Waals surface area contributed by atoms with Crippen LogP contribution in [-0.2, 0) is 9.57 Å². The summed E-state index contributed by atoms with van der Waals surface area (Å²) in [5.74, 6) is 1.50. The van der Waals surface area contributed by atoms with Gasteiger partial charge in [0.25, 0.3) is 0 Å². The van der Waals surface area contributed by atoms with Gasteiger partial charge in [-0.25, -0.2) is 4.79 Å². The highest BCUT2D eigenvalue weighted by atomic mass is 16.6. The number of methoxy groups -OCH3 is 3. The number of ether oxygens (including phenoxy) is 3. The highest BCUT2D eigenvalue weighted by Crippen LogP contribution is 2.24. The molecule has 3 rings (SSSR count). The van der Waals surface area contributed by atoms with E-state index in [2.05, 4.69) is 5.16 Å². The highest BCUT2D eigenvalue weighted by Gasteiger charge is 2.28. The maximum atomic E-state index is 12.2. The Balaban J connectivity index is 1.68. The largest absolute Gasteiger partial charge is 0.497 e. The first-order valence-corrected chi connectivity index (χ1v) is 8.51. The number of amides is 1. The van der Waals surface area contributed by atoms with Crippen LogP contribution in [0.25, 0.3) is 0 Å². The van der Waals surface area contributed by atoms with Crippen LogP contribution < -0.4 is 14.4 Å². The van der Waals surface area contributed by atoms with Crippen LogP contribution in [0, 0.1) is 0 Å². The fourth-order valence-corrected chi connectivity index (χ4v) is 2.84. The molecule has 0 saturated heterocycles. The summed E-state index contributed by atoms with van der Waals surface area (Å²) in [6, 6.07) is 14.8. The molecule has 1 aliphatic heterocycles. The van der Waals surface area contributed by atoms with Crippen LogP contribution in [0.1, 0.15) is 12.0 Å². The molecule has 1 unspecified atom stereocenters. The van der Waals surface area contributed by atoms with E-state index in [1.807, 2.05) is 24.3 Å². The van der Waals surface area contributed by atoms with Gasteiger partial charge in [0.1, 0.15) is 11.5 Å². The molecule has 0 aromatic heterocycles. The van der Waals surface area contributed by atoms with Crippen LogP contribution in [0.2, 0.25) is 0 Å². The van der Waals surface area contributed by atoms with Gasteiger partial charge < -0.3 is 19.0 Å². The van der Waals surface area contributed by atoms with Crippen molar-refractivity contribution in [2.75, 3.05) is 32.8 Å². The molecule has 1 heterocycles. The molecule has 0 aliphatic carbocycles. The maximum absolute atomic E-state index is 12.2. The van der Waals surface area contributed by atoms with E-state index in [0.717, 1.165) is 17.0 Å². The minimum Gasteiger partial charge on any atom is -0.497 e. The van der Waals surface area contributed by atoms with Gasteiger partial charge in [-0.05, 0) is 54.1 Å². The van der Waals surface area contributed by atoms with Crippen molar-refractivity contribution in [2.45, 2.75) is 12.5 Å². The van der Waals surface area contributed by atoms with E-state index in [9.17, 15) is 4.79 Å². The number of rotatable bonds is 6. The SMILES string of the molecule is COC(=O)N(CC1CC(c2ccc(OC)cc2)=NO1)c1ccc(OC)cc1. The Morgan fingerprint density at radius 3 is 2.19 bits per heavy atom. The molecule has 1 aliphatic rings. The van der Waals surface area contributed by atoms with Crippen molar-refractivity contribution in [1.29, 1.82) is 0 Å². The minimum atomic E-state index is -0.457. The Labute approximate surface area is 158 Å². The second-order valence-corrected chi connectivity index (χ2v) is 5.98. The van der Waals surface area contributed by atoms with Crippen molar-refractivity contribution in [3.8, 4) is 11.5 Å². The second-order valence-electron chi connectivity index (χ2n) is 5.98. The Kier molecular flexibility index (Phi) is 5.80. The molecule has 0 fully saturated rings. The van der Waals surface area contributed by atoms with Crippen molar-refractivity contribution < 1.29 is 23.8 Å². The lowest BCUT2D eigenvalue weighted by Crippen LogP contribution is -2.37. The van der Waals surface area contributed by atoms with Crippen molar-refractivity contribution in [3.63, 3.8) is 0 Å².